The Labute approximate surface area is 212 Å². The minimum atomic E-state index is -0.330. The molecule has 0 saturated heterocycles. The molecular weight excluding hydrogens is 469 g/mol. The Balaban J connectivity index is 1.53. The third kappa shape index (κ3) is 4.66. The zero-order chi connectivity index (χ0) is 25.9. The molecule has 3 heterocycles. The van der Waals surface area contributed by atoms with Gasteiger partial charge in [-0.15, -0.1) is 0 Å². The molecule has 8 nitrogen and oxygen atoms in total. The van der Waals surface area contributed by atoms with Crippen molar-refractivity contribution in [3.05, 3.63) is 90.0 Å². The van der Waals surface area contributed by atoms with Gasteiger partial charge in [-0.3, -0.25) is 9.79 Å². The van der Waals surface area contributed by atoms with Crippen LogP contribution in [0.1, 0.15) is 22.8 Å². The number of fused-ring (bicyclic) bond motifs is 1. The van der Waals surface area contributed by atoms with E-state index in [-0.39, 0.29) is 11.7 Å². The second-order valence-corrected chi connectivity index (χ2v) is 8.37. The molecule has 1 amide bonds. The van der Waals surface area contributed by atoms with Gasteiger partial charge in [0.15, 0.2) is 5.65 Å². The van der Waals surface area contributed by atoms with E-state index in [9.17, 15) is 9.18 Å². The summed E-state index contributed by atoms with van der Waals surface area (Å²) < 4.78 is 15.7. The average Bonchev–Trinajstić information content (AvgIpc) is 3.30. The average molecular weight is 494 g/mol. The molecule has 37 heavy (non-hydrogen) atoms. The second-order valence-electron chi connectivity index (χ2n) is 8.37. The van der Waals surface area contributed by atoms with Crippen molar-refractivity contribution in [3.8, 4) is 22.5 Å². The van der Waals surface area contributed by atoms with E-state index < -0.39 is 0 Å². The lowest BCUT2D eigenvalue weighted by Gasteiger charge is -2.11. The Morgan fingerprint density at radius 3 is 2.73 bits per heavy atom. The highest BCUT2D eigenvalue weighted by Crippen LogP contribution is 2.34. The van der Waals surface area contributed by atoms with Gasteiger partial charge in [0.2, 0.25) is 0 Å². The van der Waals surface area contributed by atoms with Gasteiger partial charge in [0, 0.05) is 35.6 Å². The summed E-state index contributed by atoms with van der Waals surface area (Å²) in [5.74, 6) is -0.254. The summed E-state index contributed by atoms with van der Waals surface area (Å²) in [4.78, 5) is 26.1. The lowest BCUT2D eigenvalue weighted by atomic mass is 10.0. The standard InChI is InChI=1S/C28H24FN7O/c1-4-31-22-10-8-20(15-23(22)30-3)28(37)34-24-16-19(11-13-32-24)27-26(18-7-9-21(29)17(2)14-18)35-25-6-5-12-33-36(25)27/h5-16,31H,3-4H2,1-2H3,(H,32,34,37). The fourth-order valence-corrected chi connectivity index (χ4v) is 4.12. The van der Waals surface area contributed by atoms with Crippen LogP contribution in [0.2, 0.25) is 0 Å². The lowest BCUT2D eigenvalue weighted by molar-refractivity contribution is 0.102. The monoisotopic (exact) mass is 493 g/mol. The highest BCUT2D eigenvalue weighted by atomic mass is 19.1. The van der Waals surface area contributed by atoms with Gasteiger partial charge in [0.25, 0.3) is 5.91 Å². The van der Waals surface area contributed by atoms with Crippen LogP contribution in [0.3, 0.4) is 0 Å². The van der Waals surface area contributed by atoms with Crippen LogP contribution in [-0.2, 0) is 0 Å². The molecule has 9 heteroatoms. The van der Waals surface area contributed by atoms with E-state index in [4.69, 9.17) is 4.98 Å². The van der Waals surface area contributed by atoms with E-state index in [1.807, 2.05) is 19.1 Å². The minimum absolute atomic E-state index is 0.283. The van der Waals surface area contributed by atoms with Crippen molar-refractivity contribution >= 4 is 35.5 Å². The van der Waals surface area contributed by atoms with Gasteiger partial charge in [-0.05, 0) is 86.8 Å². The summed E-state index contributed by atoms with van der Waals surface area (Å²) in [5.41, 5.74) is 5.82. The fourth-order valence-electron chi connectivity index (χ4n) is 4.12. The first-order valence-electron chi connectivity index (χ1n) is 11.7. The van der Waals surface area contributed by atoms with Crippen molar-refractivity contribution in [1.82, 2.24) is 19.6 Å². The van der Waals surface area contributed by atoms with Gasteiger partial charge in [0.05, 0.1) is 17.1 Å². The van der Waals surface area contributed by atoms with Gasteiger partial charge in [-0.25, -0.2) is 18.9 Å². The Kier molecular flexibility index (Phi) is 6.42. The Hall–Kier alpha value is -4.92. The number of rotatable bonds is 7. The summed E-state index contributed by atoms with van der Waals surface area (Å²) in [6.45, 7) is 8.02. The summed E-state index contributed by atoms with van der Waals surface area (Å²) in [6, 6.07) is 17.3. The van der Waals surface area contributed by atoms with E-state index in [1.54, 1.807) is 66.3 Å². The molecule has 0 bridgehead atoms. The molecule has 2 N–H and O–H groups in total. The molecule has 0 aliphatic rings. The number of anilines is 2. The highest BCUT2D eigenvalue weighted by Gasteiger charge is 2.19. The number of aryl methyl sites for hydroxylation is 1. The van der Waals surface area contributed by atoms with E-state index >= 15 is 0 Å². The van der Waals surface area contributed by atoms with Crippen molar-refractivity contribution in [2.45, 2.75) is 13.8 Å². The molecular formula is C28H24FN7O. The maximum absolute atomic E-state index is 14.0. The van der Waals surface area contributed by atoms with Crippen LogP contribution in [0.15, 0.2) is 78.0 Å². The quantitative estimate of drug-likeness (QED) is 0.274. The highest BCUT2D eigenvalue weighted by molar-refractivity contribution is 6.05. The molecule has 5 aromatic rings. The molecule has 0 saturated carbocycles. The van der Waals surface area contributed by atoms with E-state index in [0.29, 0.717) is 39.7 Å². The third-order valence-corrected chi connectivity index (χ3v) is 5.90. The van der Waals surface area contributed by atoms with Crippen molar-refractivity contribution in [2.75, 3.05) is 17.2 Å². The Morgan fingerprint density at radius 1 is 1.08 bits per heavy atom. The molecule has 0 atom stereocenters. The zero-order valence-electron chi connectivity index (χ0n) is 20.4. The number of amides is 1. The maximum Gasteiger partial charge on any atom is 0.256 e. The number of hydrogen-bond donors (Lipinski definition) is 2. The van der Waals surface area contributed by atoms with Crippen molar-refractivity contribution in [1.29, 1.82) is 0 Å². The van der Waals surface area contributed by atoms with Crippen molar-refractivity contribution < 1.29 is 9.18 Å². The maximum atomic E-state index is 14.0. The first-order chi connectivity index (χ1) is 18.0. The minimum Gasteiger partial charge on any atom is -0.384 e. The number of aliphatic imine (C=N–C) groups is 1. The van der Waals surface area contributed by atoms with Gasteiger partial charge in [-0.1, -0.05) is 0 Å². The topological polar surface area (TPSA) is 96.6 Å². The number of halogens is 1. The van der Waals surface area contributed by atoms with Crippen LogP contribution < -0.4 is 10.6 Å². The smallest absolute Gasteiger partial charge is 0.256 e. The molecule has 0 aliphatic heterocycles. The molecule has 0 fully saturated rings. The van der Waals surface area contributed by atoms with Crippen LogP contribution >= 0.6 is 0 Å². The Morgan fingerprint density at radius 2 is 1.95 bits per heavy atom. The molecule has 0 unspecified atom stereocenters. The van der Waals surface area contributed by atoms with E-state index in [1.165, 1.54) is 6.07 Å². The lowest BCUT2D eigenvalue weighted by Crippen LogP contribution is -2.13. The normalized spacial score (nSPS) is 10.9. The fraction of sp³-hybridized carbons (Fsp3) is 0.107. The molecule has 0 aliphatic carbocycles. The number of carbonyl (C=O) groups excluding carboxylic acids is 1. The molecule has 3 aromatic heterocycles. The number of carbonyl (C=O) groups is 1. The van der Waals surface area contributed by atoms with Crippen LogP contribution in [-0.4, -0.2) is 38.8 Å². The summed E-state index contributed by atoms with van der Waals surface area (Å²) in [5, 5.41) is 10.5. The van der Waals surface area contributed by atoms with Gasteiger partial charge in [-0.2, -0.15) is 5.10 Å². The number of pyridine rings is 1. The van der Waals surface area contributed by atoms with E-state index in [0.717, 1.165) is 23.4 Å². The number of nitrogens with zero attached hydrogens (tertiary/aromatic N) is 5. The predicted molar refractivity (Wildman–Crippen MR) is 144 cm³/mol. The van der Waals surface area contributed by atoms with Crippen LogP contribution in [0.4, 0.5) is 21.6 Å². The van der Waals surface area contributed by atoms with Crippen LogP contribution in [0.25, 0.3) is 28.2 Å². The first-order valence-corrected chi connectivity index (χ1v) is 11.7. The molecule has 2 aromatic carbocycles. The van der Waals surface area contributed by atoms with Gasteiger partial charge in [0.1, 0.15) is 17.3 Å². The molecule has 0 spiro atoms. The van der Waals surface area contributed by atoms with Crippen LogP contribution in [0.5, 0.6) is 0 Å². The second kappa shape index (κ2) is 9.98. The van der Waals surface area contributed by atoms with Crippen molar-refractivity contribution in [3.63, 3.8) is 0 Å². The van der Waals surface area contributed by atoms with Gasteiger partial charge < -0.3 is 10.6 Å². The molecule has 0 radical (unpaired) electrons. The molecule has 5 rings (SSSR count). The number of aromatic nitrogens is 4. The largest absolute Gasteiger partial charge is 0.384 e. The number of benzene rings is 2. The SMILES string of the molecule is C=Nc1cc(C(=O)Nc2cc(-c3c(-c4ccc(F)c(C)c4)nc4cccnn34)ccn2)ccc1NCC. The van der Waals surface area contributed by atoms with Crippen LogP contribution in [0, 0.1) is 12.7 Å². The summed E-state index contributed by atoms with van der Waals surface area (Å²) >= 11 is 0. The predicted octanol–water partition coefficient (Wildman–Crippen LogP) is 5.92. The van der Waals surface area contributed by atoms with Crippen molar-refractivity contribution in [2.24, 2.45) is 4.99 Å². The summed E-state index contributed by atoms with van der Waals surface area (Å²) in [6.07, 6.45) is 3.28. The number of imidazole rings is 1. The number of nitrogens with one attached hydrogen (secondary N) is 2. The zero-order valence-corrected chi connectivity index (χ0v) is 20.4. The Bertz CT molecular complexity index is 1640. The van der Waals surface area contributed by atoms with Gasteiger partial charge >= 0.3 is 0 Å². The number of hydrogen-bond acceptors (Lipinski definition) is 6. The van der Waals surface area contributed by atoms with E-state index in [2.05, 4.69) is 32.4 Å². The summed E-state index contributed by atoms with van der Waals surface area (Å²) in [7, 11) is 0. The molecule has 184 valence electrons. The first kappa shape index (κ1) is 23.8. The third-order valence-electron chi connectivity index (χ3n) is 5.90.